The van der Waals surface area contributed by atoms with E-state index in [9.17, 15) is 9.90 Å². The quantitative estimate of drug-likeness (QED) is 0.745. The number of aliphatic hydroxyl groups excluding tert-OH is 1. The number of nitrogens with one attached hydrogen (secondary N) is 2. The lowest BCUT2D eigenvalue weighted by atomic mass is 9.87. The van der Waals surface area contributed by atoms with E-state index in [0.29, 0.717) is 6.54 Å². The van der Waals surface area contributed by atoms with Crippen molar-refractivity contribution in [3.8, 4) is 0 Å². The number of para-hydroxylation sites is 1. The summed E-state index contributed by atoms with van der Waals surface area (Å²) in [5, 5.41) is 15.6. The van der Waals surface area contributed by atoms with Crippen LogP contribution in [0, 0.1) is 12.3 Å². The third-order valence-corrected chi connectivity index (χ3v) is 4.20. The minimum atomic E-state index is -0.0367. The highest BCUT2D eigenvalue weighted by Gasteiger charge is 2.32. The molecule has 1 aliphatic rings. The second-order valence-electron chi connectivity index (χ2n) is 5.83. The van der Waals surface area contributed by atoms with Crippen molar-refractivity contribution in [3.05, 3.63) is 29.8 Å². The van der Waals surface area contributed by atoms with Crippen LogP contribution >= 0.6 is 0 Å². The van der Waals surface area contributed by atoms with E-state index >= 15 is 0 Å². The number of hydrogen-bond acceptors (Lipinski definition) is 3. The zero-order valence-corrected chi connectivity index (χ0v) is 12.1. The van der Waals surface area contributed by atoms with Crippen molar-refractivity contribution in [3.63, 3.8) is 0 Å². The van der Waals surface area contributed by atoms with Gasteiger partial charge in [0, 0.05) is 24.3 Å². The molecule has 1 fully saturated rings. The fourth-order valence-corrected chi connectivity index (χ4v) is 2.86. The van der Waals surface area contributed by atoms with Crippen molar-refractivity contribution < 1.29 is 9.90 Å². The van der Waals surface area contributed by atoms with Crippen LogP contribution in [0.15, 0.2) is 24.3 Å². The molecule has 0 unspecified atom stereocenters. The summed E-state index contributed by atoms with van der Waals surface area (Å²) in [4.78, 5) is 11.9. The molecule has 20 heavy (non-hydrogen) atoms. The molecule has 1 aromatic carbocycles. The van der Waals surface area contributed by atoms with Crippen molar-refractivity contribution in [2.45, 2.75) is 32.6 Å². The van der Waals surface area contributed by atoms with E-state index < -0.39 is 0 Å². The highest BCUT2D eigenvalue weighted by Crippen LogP contribution is 2.36. The molecule has 0 radical (unpaired) electrons. The molecule has 0 saturated heterocycles. The normalized spacial score (nSPS) is 17.1. The lowest BCUT2D eigenvalue weighted by Gasteiger charge is -2.26. The van der Waals surface area contributed by atoms with Crippen LogP contribution in [0.4, 0.5) is 5.69 Å². The number of carbonyl (C=O) groups excluding carboxylic acids is 1. The van der Waals surface area contributed by atoms with Gasteiger partial charge in [-0.25, -0.2) is 0 Å². The van der Waals surface area contributed by atoms with E-state index in [1.54, 1.807) is 0 Å². The van der Waals surface area contributed by atoms with E-state index in [-0.39, 0.29) is 24.5 Å². The van der Waals surface area contributed by atoms with E-state index in [1.807, 2.05) is 31.2 Å². The van der Waals surface area contributed by atoms with Gasteiger partial charge in [0.1, 0.15) is 0 Å². The van der Waals surface area contributed by atoms with Gasteiger partial charge in [-0.2, -0.15) is 0 Å². The summed E-state index contributed by atoms with van der Waals surface area (Å²) >= 11 is 0. The molecule has 110 valence electrons. The predicted molar refractivity (Wildman–Crippen MR) is 80.7 cm³/mol. The Balaban J connectivity index is 1.77. The first-order chi connectivity index (χ1) is 9.65. The molecule has 3 N–H and O–H groups in total. The minimum absolute atomic E-state index is 0.0110. The monoisotopic (exact) mass is 276 g/mol. The van der Waals surface area contributed by atoms with Crippen molar-refractivity contribution in [2.75, 3.05) is 25.0 Å². The fraction of sp³-hybridized carbons (Fsp3) is 0.562. The smallest absolute Gasteiger partial charge is 0.238 e. The third kappa shape index (κ3) is 3.81. The highest BCUT2D eigenvalue weighted by atomic mass is 16.3. The summed E-state index contributed by atoms with van der Waals surface area (Å²) in [6, 6.07) is 7.74. The number of carbonyl (C=O) groups is 1. The molecule has 0 heterocycles. The van der Waals surface area contributed by atoms with Gasteiger partial charge < -0.3 is 15.7 Å². The van der Waals surface area contributed by atoms with Gasteiger partial charge >= 0.3 is 0 Å². The average Bonchev–Trinajstić information content (AvgIpc) is 2.91. The first kappa shape index (κ1) is 15.0. The maximum Gasteiger partial charge on any atom is 0.238 e. The van der Waals surface area contributed by atoms with Crippen molar-refractivity contribution in [1.29, 1.82) is 0 Å². The number of aryl methyl sites for hydroxylation is 1. The molecule has 2 rings (SSSR count). The Morgan fingerprint density at radius 1 is 1.30 bits per heavy atom. The summed E-state index contributed by atoms with van der Waals surface area (Å²) in [5.41, 5.74) is 1.91. The number of amides is 1. The molecule has 0 aromatic heterocycles. The van der Waals surface area contributed by atoms with Gasteiger partial charge in [0.05, 0.1) is 6.54 Å². The molecule has 1 saturated carbocycles. The SMILES string of the molecule is Cc1ccccc1NC(=O)CNCC1(CO)CCCC1. The molecule has 1 aliphatic carbocycles. The van der Waals surface area contributed by atoms with Crippen LogP contribution in [0.5, 0.6) is 0 Å². The van der Waals surface area contributed by atoms with Crippen LogP contribution in [0.1, 0.15) is 31.2 Å². The molecular weight excluding hydrogens is 252 g/mol. The standard InChI is InChI=1S/C16H24N2O2/c1-13-6-2-3-7-14(13)18-15(20)10-17-11-16(12-19)8-4-5-9-16/h2-3,6-7,17,19H,4-5,8-12H2,1H3,(H,18,20). The Labute approximate surface area is 120 Å². The first-order valence-electron chi connectivity index (χ1n) is 7.32. The number of anilines is 1. The van der Waals surface area contributed by atoms with Crippen LogP contribution in [0.3, 0.4) is 0 Å². The van der Waals surface area contributed by atoms with Crippen molar-refractivity contribution in [1.82, 2.24) is 5.32 Å². The maximum atomic E-state index is 11.9. The molecule has 0 spiro atoms. The molecule has 1 amide bonds. The Morgan fingerprint density at radius 3 is 2.65 bits per heavy atom. The highest BCUT2D eigenvalue weighted by molar-refractivity contribution is 5.92. The molecule has 4 nitrogen and oxygen atoms in total. The lowest BCUT2D eigenvalue weighted by Crippen LogP contribution is -2.38. The number of rotatable bonds is 6. The lowest BCUT2D eigenvalue weighted by molar-refractivity contribution is -0.115. The topological polar surface area (TPSA) is 61.4 Å². The molecular formula is C16H24N2O2. The average molecular weight is 276 g/mol. The van der Waals surface area contributed by atoms with E-state index in [2.05, 4.69) is 10.6 Å². The summed E-state index contributed by atoms with van der Waals surface area (Å²) in [6.45, 7) is 3.18. The Hall–Kier alpha value is -1.39. The summed E-state index contributed by atoms with van der Waals surface area (Å²) in [5.74, 6) is -0.0367. The molecule has 0 bridgehead atoms. The second kappa shape index (κ2) is 6.86. The van der Waals surface area contributed by atoms with Gasteiger partial charge in [-0.15, -0.1) is 0 Å². The Morgan fingerprint density at radius 2 is 2.00 bits per heavy atom. The molecule has 0 aliphatic heterocycles. The van der Waals surface area contributed by atoms with Gasteiger partial charge in [0.15, 0.2) is 0 Å². The summed E-state index contributed by atoms with van der Waals surface area (Å²) < 4.78 is 0. The third-order valence-electron chi connectivity index (χ3n) is 4.20. The Bertz CT molecular complexity index is 454. The van der Waals surface area contributed by atoms with Gasteiger partial charge in [0.2, 0.25) is 5.91 Å². The summed E-state index contributed by atoms with van der Waals surface area (Å²) in [6.07, 6.45) is 4.46. The van der Waals surface area contributed by atoms with Gasteiger partial charge in [-0.1, -0.05) is 31.0 Å². The van der Waals surface area contributed by atoms with Crippen LogP contribution in [0.25, 0.3) is 0 Å². The van der Waals surface area contributed by atoms with Gasteiger partial charge in [-0.3, -0.25) is 4.79 Å². The van der Waals surface area contributed by atoms with Crippen LogP contribution in [-0.2, 0) is 4.79 Å². The Kier molecular flexibility index (Phi) is 5.15. The van der Waals surface area contributed by atoms with Crippen molar-refractivity contribution >= 4 is 11.6 Å². The maximum absolute atomic E-state index is 11.9. The fourth-order valence-electron chi connectivity index (χ4n) is 2.86. The van der Waals surface area contributed by atoms with Crippen LogP contribution in [0.2, 0.25) is 0 Å². The number of aliphatic hydroxyl groups is 1. The van der Waals surface area contributed by atoms with Gasteiger partial charge in [0.25, 0.3) is 0 Å². The second-order valence-corrected chi connectivity index (χ2v) is 5.83. The molecule has 1 aromatic rings. The summed E-state index contributed by atoms with van der Waals surface area (Å²) in [7, 11) is 0. The zero-order chi connectivity index (χ0) is 14.4. The van der Waals surface area contributed by atoms with Gasteiger partial charge in [-0.05, 0) is 31.4 Å². The van der Waals surface area contributed by atoms with E-state index in [1.165, 1.54) is 12.8 Å². The molecule has 4 heteroatoms. The van der Waals surface area contributed by atoms with Crippen LogP contribution < -0.4 is 10.6 Å². The first-order valence-corrected chi connectivity index (χ1v) is 7.32. The predicted octanol–water partition coefficient (Wildman–Crippen LogP) is 2.08. The molecule has 0 atom stereocenters. The largest absolute Gasteiger partial charge is 0.396 e. The zero-order valence-electron chi connectivity index (χ0n) is 12.1. The number of hydrogen-bond donors (Lipinski definition) is 3. The number of benzene rings is 1. The van der Waals surface area contributed by atoms with Crippen molar-refractivity contribution in [2.24, 2.45) is 5.41 Å². The van der Waals surface area contributed by atoms with Crippen LogP contribution in [-0.4, -0.2) is 30.7 Å². The van der Waals surface area contributed by atoms with E-state index in [4.69, 9.17) is 0 Å². The minimum Gasteiger partial charge on any atom is -0.396 e. The van der Waals surface area contributed by atoms with E-state index in [0.717, 1.165) is 24.1 Å².